The summed E-state index contributed by atoms with van der Waals surface area (Å²) in [4.78, 5) is 26.3. The molecule has 1 aliphatic rings. The number of fused-ring (bicyclic) bond motifs is 1. The predicted octanol–water partition coefficient (Wildman–Crippen LogP) is 3.80. The highest BCUT2D eigenvalue weighted by Gasteiger charge is 2.27. The summed E-state index contributed by atoms with van der Waals surface area (Å²) in [6.07, 6.45) is 1.48. The summed E-state index contributed by atoms with van der Waals surface area (Å²) >= 11 is 0. The van der Waals surface area contributed by atoms with E-state index >= 15 is 0 Å². The minimum Gasteiger partial charge on any atom is -0.383 e. The number of amides is 1. The predicted molar refractivity (Wildman–Crippen MR) is 124 cm³/mol. The molecule has 1 atom stereocenters. The third kappa shape index (κ3) is 4.69. The molecule has 162 valence electrons. The van der Waals surface area contributed by atoms with Crippen molar-refractivity contribution >= 4 is 22.6 Å². The van der Waals surface area contributed by atoms with Crippen molar-refractivity contribution in [2.75, 3.05) is 31.1 Å². The van der Waals surface area contributed by atoms with E-state index in [1.807, 2.05) is 30.3 Å². The van der Waals surface area contributed by atoms with E-state index in [0.717, 1.165) is 40.7 Å². The molecular weight excluding hydrogens is 388 g/mol. The first-order chi connectivity index (χ1) is 15.1. The summed E-state index contributed by atoms with van der Waals surface area (Å²) in [5.41, 5.74) is 3.07. The lowest BCUT2D eigenvalue weighted by molar-refractivity contribution is -0.140. The first-order valence-corrected chi connectivity index (χ1v) is 11.1. The Morgan fingerprint density at radius 3 is 2.52 bits per heavy atom. The summed E-state index contributed by atoms with van der Waals surface area (Å²) in [6, 6.07) is 16.3. The van der Waals surface area contributed by atoms with Crippen LogP contribution in [0.25, 0.3) is 22.3 Å². The van der Waals surface area contributed by atoms with Crippen LogP contribution in [-0.2, 0) is 4.79 Å². The lowest BCUT2D eigenvalue weighted by Gasteiger charge is -2.36. The van der Waals surface area contributed by atoms with E-state index in [1.54, 1.807) is 4.90 Å². The minimum absolute atomic E-state index is 0.152. The number of aryl methyl sites for hydroxylation is 1. The van der Waals surface area contributed by atoms with Gasteiger partial charge in [0.2, 0.25) is 0 Å². The van der Waals surface area contributed by atoms with Crippen molar-refractivity contribution in [1.29, 1.82) is 0 Å². The second-order valence-corrected chi connectivity index (χ2v) is 8.23. The van der Waals surface area contributed by atoms with Gasteiger partial charge in [-0.15, -0.1) is 0 Å². The van der Waals surface area contributed by atoms with Gasteiger partial charge in [0.05, 0.1) is 5.52 Å². The van der Waals surface area contributed by atoms with Gasteiger partial charge in [-0.2, -0.15) is 0 Å². The van der Waals surface area contributed by atoms with E-state index in [9.17, 15) is 9.90 Å². The van der Waals surface area contributed by atoms with Crippen LogP contribution in [0.1, 0.15) is 31.7 Å². The number of hydrogen-bond donors (Lipinski definition) is 1. The van der Waals surface area contributed by atoms with Gasteiger partial charge in [0, 0.05) is 37.1 Å². The van der Waals surface area contributed by atoms with Crippen LogP contribution in [0.3, 0.4) is 0 Å². The van der Waals surface area contributed by atoms with Gasteiger partial charge in [0.1, 0.15) is 11.9 Å². The van der Waals surface area contributed by atoms with E-state index in [1.165, 1.54) is 0 Å². The first-order valence-electron chi connectivity index (χ1n) is 11.1. The van der Waals surface area contributed by atoms with Gasteiger partial charge in [-0.05, 0) is 31.0 Å². The number of carbonyl (C=O) groups is 1. The molecule has 1 aromatic heterocycles. The topological polar surface area (TPSA) is 69.6 Å². The number of aromatic nitrogens is 2. The third-order valence-electron chi connectivity index (χ3n) is 5.87. The summed E-state index contributed by atoms with van der Waals surface area (Å²) in [6.45, 7) is 6.66. The molecule has 0 radical (unpaired) electrons. The molecule has 2 aromatic carbocycles. The van der Waals surface area contributed by atoms with Crippen molar-refractivity contribution in [3.8, 4) is 11.4 Å². The molecule has 1 unspecified atom stereocenters. The monoisotopic (exact) mass is 418 g/mol. The molecule has 0 spiro atoms. The summed E-state index contributed by atoms with van der Waals surface area (Å²) < 4.78 is 0. The Bertz CT molecular complexity index is 1050. The average molecular weight is 419 g/mol. The van der Waals surface area contributed by atoms with Crippen molar-refractivity contribution in [2.45, 2.75) is 39.2 Å². The number of rotatable bonds is 6. The fraction of sp³-hybridized carbons (Fsp3) is 0.400. The Kier molecular flexibility index (Phi) is 6.47. The number of anilines is 1. The van der Waals surface area contributed by atoms with Gasteiger partial charge in [0.25, 0.3) is 5.91 Å². The Morgan fingerprint density at radius 1 is 1.06 bits per heavy atom. The van der Waals surface area contributed by atoms with Gasteiger partial charge in [-0.3, -0.25) is 4.79 Å². The van der Waals surface area contributed by atoms with Gasteiger partial charge < -0.3 is 14.9 Å². The number of carbonyl (C=O) groups excluding carboxylic acids is 1. The largest absolute Gasteiger partial charge is 0.383 e. The standard InChI is InChI=1S/C25H30N4O2/c1-3-4-10-22(30)25(31)29-15-13-28(14-16-29)24-20-12-11-18(2)17-21(20)26-23(27-24)19-8-6-5-7-9-19/h5-9,11-12,17,22,30H,3-4,10,13-16H2,1-2H3. The first kappa shape index (κ1) is 21.2. The van der Waals surface area contributed by atoms with Crippen LogP contribution in [0.2, 0.25) is 0 Å². The molecule has 0 bridgehead atoms. The number of aliphatic hydroxyl groups excluding tert-OH is 1. The van der Waals surface area contributed by atoms with Crippen molar-refractivity contribution in [3.63, 3.8) is 0 Å². The van der Waals surface area contributed by atoms with Gasteiger partial charge in [-0.1, -0.05) is 56.2 Å². The molecular formula is C25H30N4O2. The lowest BCUT2D eigenvalue weighted by Crippen LogP contribution is -2.51. The van der Waals surface area contributed by atoms with Gasteiger partial charge in [0.15, 0.2) is 5.82 Å². The zero-order valence-corrected chi connectivity index (χ0v) is 18.3. The highest BCUT2D eigenvalue weighted by atomic mass is 16.3. The van der Waals surface area contributed by atoms with Crippen molar-refractivity contribution < 1.29 is 9.90 Å². The fourth-order valence-corrected chi connectivity index (χ4v) is 4.05. The molecule has 1 saturated heterocycles. The average Bonchev–Trinajstić information content (AvgIpc) is 2.81. The Labute approximate surface area is 183 Å². The third-order valence-corrected chi connectivity index (χ3v) is 5.87. The normalized spacial score (nSPS) is 15.3. The van der Waals surface area contributed by atoms with Crippen LogP contribution in [0.5, 0.6) is 0 Å². The molecule has 1 amide bonds. The van der Waals surface area contributed by atoms with E-state index in [2.05, 4.69) is 36.9 Å². The summed E-state index contributed by atoms with van der Waals surface area (Å²) in [5, 5.41) is 11.2. The zero-order valence-electron chi connectivity index (χ0n) is 18.3. The van der Waals surface area contributed by atoms with E-state index in [4.69, 9.17) is 9.97 Å². The van der Waals surface area contributed by atoms with E-state index < -0.39 is 6.10 Å². The van der Waals surface area contributed by atoms with Gasteiger partial charge >= 0.3 is 0 Å². The van der Waals surface area contributed by atoms with Crippen molar-refractivity contribution in [3.05, 3.63) is 54.1 Å². The fourth-order valence-electron chi connectivity index (χ4n) is 4.05. The van der Waals surface area contributed by atoms with Crippen molar-refractivity contribution in [1.82, 2.24) is 14.9 Å². The molecule has 1 N–H and O–H groups in total. The minimum atomic E-state index is -0.890. The number of hydrogen-bond acceptors (Lipinski definition) is 5. The maximum Gasteiger partial charge on any atom is 0.251 e. The zero-order chi connectivity index (χ0) is 21.8. The second-order valence-electron chi connectivity index (χ2n) is 8.23. The van der Waals surface area contributed by atoms with E-state index in [-0.39, 0.29) is 5.91 Å². The number of benzene rings is 2. The molecule has 4 rings (SSSR count). The second kappa shape index (κ2) is 9.43. The molecule has 31 heavy (non-hydrogen) atoms. The lowest BCUT2D eigenvalue weighted by atomic mass is 10.1. The highest BCUT2D eigenvalue weighted by Crippen LogP contribution is 2.29. The molecule has 3 aromatic rings. The van der Waals surface area contributed by atoms with Crippen molar-refractivity contribution in [2.24, 2.45) is 0 Å². The summed E-state index contributed by atoms with van der Waals surface area (Å²) in [5.74, 6) is 1.46. The van der Waals surface area contributed by atoms with Crippen LogP contribution >= 0.6 is 0 Å². The Balaban J connectivity index is 1.59. The Hall–Kier alpha value is -2.99. The smallest absolute Gasteiger partial charge is 0.251 e. The molecule has 0 saturated carbocycles. The maximum atomic E-state index is 12.6. The molecule has 1 aliphatic heterocycles. The number of unbranched alkanes of at least 4 members (excludes halogenated alkanes) is 1. The quantitative estimate of drug-likeness (QED) is 0.659. The molecule has 2 heterocycles. The number of piperazine rings is 1. The van der Waals surface area contributed by atoms with Crippen LogP contribution in [0.4, 0.5) is 5.82 Å². The van der Waals surface area contributed by atoms with Crippen LogP contribution in [-0.4, -0.2) is 58.2 Å². The molecule has 1 fully saturated rings. The number of nitrogens with zero attached hydrogens (tertiary/aromatic N) is 4. The van der Waals surface area contributed by atoms with Crippen LogP contribution in [0.15, 0.2) is 48.5 Å². The van der Waals surface area contributed by atoms with Crippen LogP contribution in [0, 0.1) is 6.92 Å². The summed E-state index contributed by atoms with van der Waals surface area (Å²) in [7, 11) is 0. The van der Waals surface area contributed by atoms with Gasteiger partial charge in [-0.25, -0.2) is 9.97 Å². The molecule has 6 heteroatoms. The number of aliphatic hydroxyl groups is 1. The van der Waals surface area contributed by atoms with Crippen LogP contribution < -0.4 is 4.90 Å². The molecule has 0 aliphatic carbocycles. The van der Waals surface area contributed by atoms with E-state index in [0.29, 0.717) is 38.4 Å². The SMILES string of the molecule is CCCCC(O)C(=O)N1CCN(c2nc(-c3ccccc3)nc3cc(C)ccc23)CC1. The Morgan fingerprint density at radius 2 is 1.81 bits per heavy atom. The highest BCUT2D eigenvalue weighted by molar-refractivity contribution is 5.91. The maximum absolute atomic E-state index is 12.6. The molecule has 6 nitrogen and oxygen atoms in total.